The highest BCUT2D eigenvalue weighted by molar-refractivity contribution is 7.92. The fraction of sp³-hybridized carbons (Fsp3) is 0.600. The third-order valence-corrected chi connectivity index (χ3v) is 5.63. The fourth-order valence-electron chi connectivity index (χ4n) is 1.65. The molecule has 120 valence electrons. The van der Waals surface area contributed by atoms with E-state index in [0.29, 0.717) is 12.3 Å². The Morgan fingerprint density at radius 1 is 1.24 bits per heavy atom. The Morgan fingerprint density at radius 3 is 2.48 bits per heavy atom. The molecule has 0 fully saturated rings. The molecule has 0 heterocycles. The fourth-order valence-corrected chi connectivity index (χ4v) is 2.57. The van der Waals surface area contributed by atoms with Crippen LogP contribution < -0.4 is 10.1 Å². The zero-order valence-corrected chi connectivity index (χ0v) is 13.9. The lowest BCUT2D eigenvalue weighted by molar-refractivity contribution is 0.337. The van der Waals surface area contributed by atoms with Gasteiger partial charge in [-0.2, -0.15) is 0 Å². The van der Waals surface area contributed by atoms with E-state index in [2.05, 4.69) is 5.32 Å². The van der Waals surface area contributed by atoms with Crippen molar-refractivity contribution in [3.8, 4) is 5.75 Å². The van der Waals surface area contributed by atoms with Crippen LogP contribution in [-0.2, 0) is 16.4 Å². The number of sulfone groups is 1. The van der Waals surface area contributed by atoms with Crippen LogP contribution >= 0.6 is 0 Å². The van der Waals surface area contributed by atoms with Crippen molar-refractivity contribution in [1.29, 1.82) is 0 Å². The van der Waals surface area contributed by atoms with Crippen molar-refractivity contribution in [3.05, 3.63) is 29.6 Å². The second-order valence-corrected chi connectivity index (χ2v) is 8.72. The minimum absolute atomic E-state index is 0.0176. The number of ether oxygens (including phenoxy) is 1. The van der Waals surface area contributed by atoms with Crippen molar-refractivity contribution in [1.82, 2.24) is 5.32 Å². The Kier molecular flexibility index (Phi) is 6.16. The second-order valence-electron chi connectivity index (χ2n) is 5.86. The van der Waals surface area contributed by atoms with Gasteiger partial charge < -0.3 is 10.1 Å². The Balaban J connectivity index is 2.66. The summed E-state index contributed by atoms with van der Waals surface area (Å²) in [6, 6.07) is 4.41. The normalized spacial score (nSPS) is 12.4. The molecule has 1 aromatic rings. The molecular formula is C15H24FNO3S. The van der Waals surface area contributed by atoms with Crippen molar-refractivity contribution >= 4 is 9.84 Å². The lowest BCUT2D eigenvalue weighted by Gasteiger charge is -2.19. The molecule has 0 spiro atoms. The predicted octanol–water partition coefficient (Wildman–Crippen LogP) is 2.53. The van der Waals surface area contributed by atoms with E-state index in [0.717, 1.165) is 12.1 Å². The topological polar surface area (TPSA) is 55.4 Å². The van der Waals surface area contributed by atoms with Gasteiger partial charge in [0.05, 0.1) is 10.5 Å². The maximum atomic E-state index is 13.5. The highest BCUT2D eigenvalue weighted by Gasteiger charge is 2.28. The van der Waals surface area contributed by atoms with Gasteiger partial charge in [-0.05, 0) is 45.0 Å². The van der Waals surface area contributed by atoms with Crippen molar-refractivity contribution in [2.45, 2.75) is 39.0 Å². The summed E-state index contributed by atoms with van der Waals surface area (Å²) in [6.07, 6.45) is 0. The lowest BCUT2D eigenvalue weighted by atomic mass is 10.2. The average molecular weight is 317 g/mol. The molecule has 6 heteroatoms. The molecule has 0 radical (unpaired) electrons. The molecular weight excluding hydrogens is 293 g/mol. The Bertz CT molecular complexity index is 565. The van der Waals surface area contributed by atoms with Gasteiger partial charge in [-0.3, -0.25) is 0 Å². The summed E-state index contributed by atoms with van der Waals surface area (Å²) in [5.41, 5.74) is 0.769. The first-order chi connectivity index (χ1) is 9.65. The van der Waals surface area contributed by atoms with Gasteiger partial charge in [-0.25, -0.2) is 12.8 Å². The molecule has 4 nitrogen and oxygen atoms in total. The van der Waals surface area contributed by atoms with E-state index in [1.807, 2.05) is 6.92 Å². The monoisotopic (exact) mass is 317 g/mol. The van der Waals surface area contributed by atoms with Crippen molar-refractivity contribution < 1.29 is 17.5 Å². The van der Waals surface area contributed by atoms with Gasteiger partial charge in [0.1, 0.15) is 18.2 Å². The SMILES string of the molecule is CCNCc1cc(F)cc(OCCS(=O)(=O)C(C)(C)C)c1. The van der Waals surface area contributed by atoms with E-state index >= 15 is 0 Å². The number of benzene rings is 1. The quantitative estimate of drug-likeness (QED) is 0.839. The van der Waals surface area contributed by atoms with E-state index in [-0.39, 0.29) is 18.2 Å². The van der Waals surface area contributed by atoms with Gasteiger partial charge in [0, 0.05) is 12.6 Å². The number of hydrogen-bond donors (Lipinski definition) is 1. The first-order valence-corrected chi connectivity index (χ1v) is 8.66. The van der Waals surface area contributed by atoms with Gasteiger partial charge in [0.2, 0.25) is 0 Å². The third kappa shape index (κ3) is 5.63. The molecule has 0 amide bonds. The van der Waals surface area contributed by atoms with Crippen molar-refractivity contribution in [2.75, 3.05) is 18.9 Å². The lowest BCUT2D eigenvalue weighted by Crippen LogP contribution is -2.32. The predicted molar refractivity (Wildman–Crippen MR) is 82.8 cm³/mol. The van der Waals surface area contributed by atoms with Gasteiger partial charge in [0.25, 0.3) is 0 Å². The van der Waals surface area contributed by atoms with Crippen molar-refractivity contribution in [2.24, 2.45) is 0 Å². The number of nitrogens with one attached hydrogen (secondary N) is 1. The summed E-state index contributed by atoms with van der Waals surface area (Å²) in [5, 5.41) is 3.10. The number of hydrogen-bond acceptors (Lipinski definition) is 4. The standard InChI is InChI=1S/C15H24FNO3S/c1-5-17-11-12-8-13(16)10-14(9-12)20-6-7-21(18,19)15(2,3)4/h8-10,17H,5-7,11H2,1-4H3. The molecule has 1 rings (SSSR count). The van der Waals surface area contributed by atoms with E-state index in [9.17, 15) is 12.8 Å². The number of rotatable bonds is 7. The highest BCUT2D eigenvalue weighted by atomic mass is 32.2. The van der Waals surface area contributed by atoms with Crippen molar-refractivity contribution in [3.63, 3.8) is 0 Å². The van der Waals surface area contributed by atoms with Crippen LogP contribution in [0.25, 0.3) is 0 Å². The van der Waals surface area contributed by atoms with E-state index in [4.69, 9.17) is 4.74 Å². The van der Waals surface area contributed by atoms with Gasteiger partial charge in [0.15, 0.2) is 9.84 Å². The molecule has 0 unspecified atom stereocenters. The molecule has 0 aromatic heterocycles. The van der Waals surface area contributed by atoms with Crippen LogP contribution in [0.4, 0.5) is 4.39 Å². The molecule has 0 saturated heterocycles. The Morgan fingerprint density at radius 2 is 1.90 bits per heavy atom. The zero-order valence-electron chi connectivity index (χ0n) is 13.1. The minimum atomic E-state index is -3.23. The van der Waals surface area contributed by atoms with Crippen LogP contribution in [0.1, 0.15) is 33.3 Å². The van der Waals surface area contributed by atoms with Gasteiger partial charge in [-0.1, -0.05) is 6.92 Å². The molecule has 21 heavy (non-hydrogen) atoms. The van der Waals surface area contributed by atoms with Crippen LogP contribution in [0, 0.1) is 5.82 Å². The molecule has 0 aliphatic rings. The molecule has 1 aromatic carbocycles. The Hall–Kier alpha value is -1.14. The van der Waals surface area contributed by atoms with E-state index < -0.39 is 14.6 Å². The summed E-state index contributed by atoms with van der Waals surface area (Å²) in [5.74, 6) is -0.124. The molecule has 0 bridgehead atoms. The zero-order chi connectivity index (χ0) is 16.1. The van der Waals surface area contributed by atoms with E-state index in [1.54, 1.807) is 26.8 Å². The summed E-state index contributed by atoms with van der Waals surface area (Å²) in [6.45, 7) is 8.27. The van der Waals surface area contributed by atoms with E-state index in [1.165, 1.54) is 12.1 Å². The van der Waals surface area contributed by atoms with Crippen LogP contribution in [0.3, 0.4) is 0 Å². The molecule has 0 atom stereocenters. The molecule has 1 N–H and O–H groups in total. The smallest absolute Gasteiger partial charge is 0.158 e. The Labute approximate surface area is 126 Å². The summed E-state index contributed by atoms with van der Waals surface area (Å²) < 4.78 is 42.0. The highest BCUT2D eigenvalue weighted by Crippen LogP contribution is 2.19. The summed E-state index contributed by atoms with van der Waals surface area (Å²) in [7, 11) is -3.23. The molecule has 0 aliphatic carbocycles. The third-order valence-electron chi connectivity index (χ3n) is 3.06. The van der Waals surface area contributed by atoms with Crippen LogP contribution in [0.5, 0.6) is 5.75 Å². The average Bonchev–Trinajstić information content (AvgIpc) is 2.34. The van der Waals surface area contributed by atoms with Crippen LogP contribution in [0.15, 0.2) is 18.2 Å². The maximum absolute atomic E-state index is 13.5. The second kappa shape index (κ2) is 7.22. The summed E-state index contributed by atoms with van der Waals surface area (Å²) in [4.78, 5) is 0. The van der Waals surface area contributed by atoms with Gasteiger partial charge >= 0.3 is 0 Å². The first kappa shape index (κ1) is 17.9. The molecule has 0 saturated carbocycles. The van der Waals surface area contributed by atoms with Gasteiger partial charge in [-0.15, -0.1) is 0 Å². The summed E-state index contributed by atoms with van der Waals surface area (Å²) >= 11 is 0. The molecule has 0 aliphatic heterocycles. The van der Waals surface area contributed by atoms with Crippen LogP contribution in [-0.4, -0.2) is 32.1 Å². The first-order valence-electron chi connectivity index (χ1n) is 7.01. The van der Waals surface area contributed by atoms with Crippen LogP contribution in [0.2, 0.25) is 0 Å². The largest absolute Gasteiger partial charge is 0.492 e. The number of halogens is 1. The minimum Gasteiger partial charge on any atom is -0.492 e. The maximum Gasteiger partial charge on any atom is 0.158 e.